The van der Waals surface area contributed by atoms with Crippen LogP contribution in [-0.4, -0.2) is 12.6 Å². The van der Waals surface area contributed by atoms with Gasteiger partial charge in [-0.25, -0.2) is 0 Å². The minimum absolute atomic E-state index is 0.00454. The van der Waals surface area contributed by atoms with Gasteiger partial charge in [-0.2, -0.15) is 0 Å². The van der Waals surface area contributed by atoms with E-state index in [1.54, 1.807) is 0 Å². The average molecular weight is 170 g/mol. The summed E-state index contributed by atoms with van der Waals surface area (Å²) >= 11 is 0. The predicted molar refractivity (Wildman–Crippen MR) is 48.9 cm³/mol. The molecule has 0 aromatic rings. The molecule has 1 atom stereocenters. The molecular formula is C10H18O2. The number of rotatable bonds is 6. The van der Waals surface area contributed by atoms with Crippen LogP contribution in [0.25, 0.3) is 0 Å². The van der Waals surface area contributed by atoms with Gasteiger partial charge in [-0.15, -0.1) is 0 Å². The van der Waals surface area contributed by atoms with Crippen LogP contribution in [0.15, 0.2) is 0 Å². The zero-order valence-corrected chi connectivity index (χ0v) is 8.17. The lowest BCUT2D eigenvalue weighted by Gasteiger charge is -2.26. The minimum atomic E-state index is -0.264. The SMILES string of the molecule is CCC(C=O)(CC)CC(C)C=O. The lowest BCUT2D eigenvalue weighted by molar-refractivity contribution is -0.119. The molecule has 0 aromatic carbocycles. The molecule has 0 heterocycles. The van der Waals surface area contributed by atoms with Gasteiger partial charge in [0, 0.05) is 11.3 Å². The zero-order chi connectivity index (χ0) is 9.61. The number of carbonyl (C=O) groups is 2. The van der Waals surface area contributed by atoms with E-state index < -0.39 is 0 Å². The maximum Gasteiger partial charge on any atom is 0.126 e. The molecule has 0 N–H and O–H groups in total. The number of aldehydes is 2. The first-order chi connectivity index (χ1) is 5.64. The lowest BCUT2D eigenvalue weighted by Crippen LogP contribution is -2.24. The van der Waals surface area contributed by atoms with E-state index in [9.17, 15) is 9.59 Å². The Bertz CT molecular complexity index is 148. The first-order valence-corrected chi connectivity index (χ1v) is 4.55. The van der Waals surface area contributed by atoms with Crippen molar-refractivity contribution >= 4 is 12.6 Å². The Morgan fingerprint density at radius 1 is 1.25 bits per heavy atom. The van der Waals surface area contributed by atoms with Gasteiger partial charge in [0.15, 0.2) is 0 Å². The molecule has 0 aliphatic carbocycles. The van der Waals surface area contributed by atoms with Crippen LogP contribution in [0.3, 0.4) is 0 Å². The maximum atomic E-state index is 10.8. The number of carbonyl (C=O) groups excluding carboxylic acids is 2. The minimum Gasteiger partial charge on any atom is -0.303 e. The zero-order valence-electron chi connectivity index (χ0n) is 8.17. The second-order valence-corrected chi connectivity index (χ2v) is 3.50. The fourth-order valence-corrected chi connectivity index (χ4v) is 1.44. The molecule has 0 amide bonds. The van der Waals surface area contributed by atoms with Crippen LogP contribution in [0.5, 0.6) is 0 Å². The highest BCUT2D eigenvalue weighted by atomic mass is 16.1. The van der Waals surface area contributed by atoms with E-state index in [0.29, 0.717) is 6.42 Å². The van der Waals surface area contributed by atoms with Crippen molar-refractivity contribution in [3.8, 4) is 0 Å². The lowest BCUT2D eigenvalue weighted by atomic mass is 9.77. The van der Waals surface area contributed by atoms with Gasteiger partial charge in [0.05, 0.1) is 0 Å². The van der Waals surface area contributed by atoms with Gasteiger partial charge in [0.1, 0.15) is 12.6 Å². The second-order valence-electron chi connectivity index (χ2n) is 3.50. The van der Waals surface area contributed by atoms with E-state index >= 15 is 0 Å². The Morgan fingerprint density at radius 2 is 1.75 bits per heavy atom. The largest absolute Gasteiger partial charge is 0.303 e. The molecule has 2 heteroatoms. The van der Waals surface area contributed by atoms with Crippen LogP contribution in [0.2, 0.25) is 0 Å². The van der Waals surface area contributed by atoms with Crippen molar-refractivity contribution in [1.82, 2.24) is 0 Å². The summed E-state index contributed by atoms with van der Waals surface area (Å²) in [6, 6.07) is 0. The summed E-state index contributed by atoms with van der Waals surface area (Å²) in [5.41, 5.74) is -0.264. The number of hydrogen-bond donors (Lipinski definition) is 0. The Morgan fingerprint density at radius 3 is 2.00 bits per heavy atom. The van der Waals surface area contributed by atoms with Crippen LogP contribution in [0.1, 0.15) is 40.0 Å². The van der Waals surface area contributed by atoms with E-state index in [2.05, 4.69) is 0 Å². The van der Waals surface area contributed by atoms with Crippen LogP contribution in [0.4, 0.5) is 0 Å². The summed E-state index contributed by atoms with van der Waals surface area (Å²) in [7, 11) is 0. The van der Waals surface area contributed by atoms with Crippen molar-refractivity contribution < 1.29 is 9.59 Å². The summed E-state index contributed by atoms with van der Waals surface area (Å²) in [4.78, 5) is 21.2. The Kier molecular flexibility index (Phi) is 4.79. The summed E-state index contributed by atoms with van der Waals surface area (Å²) in [5, 5.41) is 0. The second kappa shape index (κ2) is 5.07. The fourth-order valence-electron chi connectivity index (χ4n) is 1.44. The molecule has 12 heavy (non-hydrogen) atoms. The third-order valence-corrected chi connectivity index (χ3v) is 2.62. The van der Waals surface area contributed by atoms with E-state index in [0.717, 1.165) is 25.4 Å². The summed E-state index contributed by atoms with van der Waals surface area (Å²) in [6.45, 7) is 5.85. The molecule has 0 aromatic heterocycles. The smallest absolute Gasteiger partial charge is 0.126 e. The van der Waals surface area contributed by atoms with Crippen molar-refractivity contribution in [3.05, 3.63) is 0 Å². The van der Waals surface area contributed by atoms with Crippen LogP contribution < -0.4 is 0 Å². The van der Waals surface area contributed by atoms with Crippen molar-refractivity contribution in [2.45, 2.75) is 40.0 Å². The summed E-state index contributed by atoms with van der Waals surface area (Å²) in [5.74, 6) is -0.00454. The monoisotopic (exact) mass is 170 g/mol. The van der Waals surface area contributed by atoms with E-state index in [1.165, 1.54) is 0 Å². The van der Waals surface area contributed by atoms with Crippen molar-refractivity contribution in [2.24, 2.45) is 11.3 Å². The molecule has 0 rings (SSSR count). The third kappa shape index (κ3) is 2.76. The van der Waals surface area contributed by atoms with E-state index in [4.69, 9.17) is 0 Å². The molecule has 0 aliphatic rings. The molecule has 0 aliphatic heterocycles. The Hall–Kier alpha value is -0.660. The van der Waals surface area contributed by atoms with Gasteiger partial charge in [0.25, 0.3) is 0 Å². The predicted octanol–water partition coefficient (Wildman–Crippen LogP) is 2.22. The van der Waals surface area contributed by atoms with E-state index in [1.807, 2.05) is 20.8 Å². The normalized spacial score (nSPS) is 13.9. The van der Waals surface area contributed by atoms with Crippen molar-refractivity contribution in [3.63, 3.8) is 0 Å². The molecule has 0 spiro atoms. The van der Waals surface area contributed by atoms with Gasteiger partial charge >= 0.3 is 0 Å². The van der Waals surface area contributed by atoms with Crippen LogP contribution in [-0.2, 0) is 9.59 Å². The first-order valence-electron chi connectivity index (χ1n) is 4.55. The average Bonchev–Trinajstić information content (AvgIpc) is 2.14. The summed E-state index contributed by atoms with van der Waals surface area (Å²) < 4.78 is 0. The molecule has 2 nitrogen and oxygen atoms in total. The quantitative estimate of drug-likeness (QED) is 0.573. The van der Waals surface area contributed by atoms with Gasteiger partial charge in [-0.3, -0.25) is 0 Å². The third-order valence-electron chi connectivity index (χ3n) is 2.62. The molecule has 0 radical (unpaired) electrons. The highest BCUT2D eigenvalue weighted by Gasteiger charge is 2.27. The van der Waals surface area contributed by atoms with Crippen LogP contribution in [0, 0.1) is 11.3 Å². The van der Waals surface area contributed by atoms with Crippen LogP contribution >= 0.6 is 0 Å². The molecular weight excluding hydrogens is 152 g/mol. The highest BCUT2D eigenvalue weighted by Crippen LogP contribution is 2.30. The fraction of sp³-hybridized carbons (Fsp3) is 0.800. The van der Waals surface area contributed by atoms with Gasteiger partial charge in [-0.05, 0) is 19.3 Å². The van der Waals surface area contributed by atoms with Gasteiger partial charge < -0.3 is 9.59 Å². The molecule has 0 fully saturated rings. The topological polar surface area (TPSA) is 34.1 Å². The number of hydrogen-bond acceptors (Lipinski definition) is 2. The Balaban J connectivity index is 4.28. The maximum absolute atomic E-state index is 10.8. The molecule has 0 saturated heterocycles. The van der Waals surface area contributed by atoms with Gasteiger partial charge in [-0.1, -0.05) is 20.8 Å². The summed E-state index contributed by atoms with van der Waals surface area (Å²) in [6.07, 6.45) is 4.26. The molecule has 1 unspecified atom stereocenters. The van der Waals surface area contributed by atoms with E-state index in [-0.39, 0.29) is 11.3 Å². The molecule has 70 valence electrons. The molecule has 0 bridgehead atoms. The highest BCUT2D eigenvalue weighted by molar-refractivity contribution is 5.61. The molecule has 0 saturated carbocycles. The van der Waals surface area contributed by atoms with Crippen molar-refractivity contribution in [2.75, 3.05) is 0 Å². The van der Waals surface area contributed by atoms with Crippen molar-refractivity contribution in [1.29, 1.82) is 0 Å². The first kappa shape index (κ1) is 11.3. The Labute approximate surface area is 74.3 Å². The van der Waals surface area contributed by atoms with Gasteiger partial charge in [0.2, 0.25) is 0 Å². The standard InChI is InChI=1S/C10H18O2/c1-4-10(5-2,8-12)6-9(3)7-11/h7-9H,4-6H2,1-3H3.